The lowest BCUT2D eigenvalue weighted by Gasteiger charge is -2.08. The van der Waals surface area contributed by atoms with Gasteiger partial charge in [-0.25, -0.2) is 4.39 Å². The minimum Gasteiger partial charge on any atom is -0.454 e. The molecule has 0 aliphatic rings. The van der Waals surface area contributed by atoms with Crippen LogP contribution < -0.4 is 4.74 Å². The molecular weight excluding hydrogens is 313 g/mol. The topological polar surface area (TPSA) is 53.2 Å². The molecule has 0 radical (unpaired) electrons. The fourth-order valence-electron chi connectivity index (χ4n) is 1.50. The zero-order chi connectivity index (χ0) is 13.8. The molecule has 0 saturated heterocycles. The van der Waals surface area contributed by atoms with Crippen molar-refractivity contribution in [2.75, 3.05) is 0 Å². The number of rotatable bonds is 3. The molecule has 2 aromatic carbocycles. The van der Waals surface area contributed by atoms with E-state index < -0.39 is 5.82 Å². The Bertz CT molecular complexity index is 652. The van der Waals surface area contributed by atoms with Crippen molar-refractivity contribution in [1.82, 2.24) is 0 Å². The van der Waals surface area contributed by atoms with Crippen LogP contribution in [0.2, 0.25) is 0 Å². The lowest BCUT2D eigenvalue weighted by molar-refractivity contribution is 0.281. The van der Waals surface area contributed by atoms with E-state index in [1.165, 1.54) is 12.1 Å². The molecule has 0 spiro atoms. The van der Waals surface area contributed by atoms with Gasteiger partial charge in [0.1, 0.15) is 5.75 Å². The third kappa shape index (κ3) is 3.11. The highest BCUT2D eigenvalue weighted by Crippen LogP contribution is 2.29. The predicted molar refractivity (Wildman–Crippen MR) is 71.3 cm³/mol. The Labute approximate surface area is 118 Å². The van der Waals surface area contributed by atoms with Crippen molar-refractivity contribution >= 4 is 15.9 Å². The second kappa shape index (κ2) is 5.83. The van der Waals surface area contributed by atoms with Crippen LogP contribution in [0.15, 0.2) is 40.9 Å². The van der Waals surface area contributed by atoms with Crippen LogP contribution >= 0.6 is 15.9 Å². The summed E-state index contributed by atoms with van der Waals surface area (Å²) >= 11 is 3.29. The van der Waals surface area contributed by atoms with Crippen LogP contribution in [0.3, 0.4) is 0 Å². The average molecular weight is 322 g/mol. The molecule has 96 valence electrons. The first-order valence-electron chi connectivity index (χ1n) is 5.41. The van der Waals surface area contributed by atoms with Crippen LogP contribution in [0.5, 0.6) is 11.5 Å². The van der Waals surface area contributed by atoms with Crippen molar-refractivity contribution in [3.63, 3.8) is 0 Å². The Hall–Kier alpha value is -1.90. The highest BCUT2D eigenvalue weighted by Gasteiger charge is 2.07. The van der Waals surface area contributed by atoms with Crippen molar-refractivity contribution in [1.29, 1.82) is 5.26 Å². The van der Waals surface area contributed by atoms with Gasteiger partial charge in [0.2, 0.25) is 0 Å². The summed E-state index contributed by atoms with van der Waals surface area (Å²) in [6.07, 6.45) is 0. The number of nitrogens with zero attached hydrogens (tertiary/aromatic N) is 1. The van der Waals surface area contributed by atoms with Gasteiger partial charge in [0.15, 0.2) is 11.6 Å². The molecule has 0 amide bonds. The minimum atomic E-state index is -0.596. The third-order valence-electron chi connectivity index (χ3n) is 2.48. The fraction of sp³-hybridized carbons (Fsp3) is 0.0714. The summed E-state index contributed by atoms with van der Waals surface area (Å²) in [5.41, 5.74) is 0.953. The summed E-state index contributed by atoms with van der Waals surface area (Å²) in [6, 6.07) is 10.8. The molecule has 0 aliphatic heterocycles. The summed E-state index contributed by atoms with van der Waals surface area (Å²) < 4.78 is 19.7. The van der Waals surface area contributed by atoms with Gasteiger partial charge in [-0.15, -0.1) is 0 Å². The summed E-state index contributed by atoms with van der Waals surface area (Å²) in [4.78, 5) is 0. The first-order chi connectivity index (χ1) is 9.13. The smallest absolute Gasteiger partial charge is 0.167 e. The van der Waals surface area contributed by atoms with Crippen molar-refractivity contribution < 1.29 is 14.2 Å². The van der Waals surface area contributed by atoms with Crippen LogP contribution in [-0.2, 0) is 6.61 Å². The molecule has 19 heavy (non-hydrogen) atoms. The third-order valence-corrected chi connectivity index (χ3v) is 3.22. The lowest BCUT2D eigenvalue weighted by Crippen LogP contribution is -1.91. The SMILES string of the molecule is N#Cc1ccc(Oc2ccc(CO)c(Br)c2)c(F)c1. The first-order valence-corrected chi connectivity index (χ1v) is 6.20. The van der Waals surface area contributed by atoms with Crippen molar-refractivity contribution in [3.8, 4) is 17.6 Å². The monoisotopic (exact) mass is 321 g/mol. The predicted octanol–water partition coefficient (Wildman–Crippen LogP) is 3.74. The van der Waals surface area contributed by atoms with Crippen molar-refractivity contribution in [2.45, 2.75) is 6.61 Å². The van der Waals surface area contributed by atoms with Gasteiger partial charge in [-0.05, 0) is 35.9 Å². The minimum absolute atomic E-state index is 0.0441. The van der Waals surface area contributed by atoms with E-state index in [1.54, 1.807) is 18.2 Å². The number of ether oxygens (including phenoxy) is 1. The molecule has 0 fully saturated rings. The molecule has 1 N–H and O–H groups in total. The van der Waals surface area contributed by atoms with Gasteiger partial charge < -0.3 is 9.84 Å². The molecule has 0 bridgehead atoms. The Morgan fingerprint density at radius 2 is 2.05 bits per heavy atom. The molecule has 5 heteroatoms. The van der Waals surface area contributed by atoms with E-state index in [-0.39, 0.29) is 17.9 Å². The molecule has 0 unspecified atom stereocenters. The zero-order valence-corrected chi connectivity index (χ0v) is 11.3. The Morgan fingerprint density at radius 3 is 2.63 bits per heavy atom. The van der Waals surface area contributed by atoms with Crippen molar-refractivity contribution in [3.05, 3.63) is 57.8 Å². The van der Waals surface area contributed by atoms with Crippen LogP contribution in [0, 0.1) is 17.1 Å². The van der Waals surface area contributed by atoms with E-state index in [0.29, 0.717) is 15.8 Å². The summed E-state index contributed by atoms with van der Waals surface area (Å²) in [5, 5.41) is 17.7. The number of hydrogen-bond acceptors (Lipinski definition) is 3. The molecule has 0 atom stereocenters. The highest BCUT2D eigenvalue weighted by molar-refractivity contribution is 9.10. The van der Waals surface area contributed by atoms with Gasteiger partial charge >= 0.3 is 0 Å². The number of hydrogen-bond donors (Lipinski definition) is 1. The van der Waals surface area contributed by atoms with Crippen molar-refractivity contribution in [2.24, 2.45) is 0 Å². The number of nitriles is 1. The Kier molecular flexibility index (Phi) is 4.15. The molecule has 0 aromatic heterocycles. The Morgan fingerprint density at radius 1 is 1.26 bits per heavy atom. The van der Waals surface area contributed by atoms with E-state index >= 15 is 0 Å². The molecule has 2 aromatic rings. The van der Waals surface area contributed by atoms with Gasteiger partial charge in [-0.2, -0.15) is 5.26 Å². The maximum atomic E-state index is 13.6. The van der Waals surface area contributed by atoms with Gasteiger partial charge in [0, 0.05) is 4.47 Å². The quantitative estimate of drug-likeness (QED) is 0.936. The lowest BCUT2D eigenvalue weighted by atomic mass is 10.2. The van der Waals surface area contributed by atoms with E-state index in [1.807, 2.05) is 6.07 Å². The standard InChI is InChI=1S/C14H9BrFNO2/c15-12-6-11(3-2-10(12)8-18)19-14-4-1-9(7-17)5-13(14)16/h1-6,18H,8H2. The first kappa shape index (κ1) is 13.5. The van der Waals surface area contributed by atoms with Gasteiger partial charge in [0.25, 0.3) is 0 Å². The van der Waals surface area contributed by atoms with E-state index in [0.717, 1.165) is 6.07 Å². The van der Waals surface area contributed by atoms with Crippen LogP contribution in [0.25, 0.3) is 0 Å². The highest BCUT2D eigenvalue weighted by atomic mass is 79.9. The molecule has 2 rings (SSSR count). The number of aliphatic hydroxyl groups excluding tert-OH is 1. The maximum Gasteiger partial charge on any atom is 0.167 e. The summed E-state index contributed by atoms with van der Waals surface area (Å²) in [7, 11) is 0. The van der Waals surface area contributed by atoms with E-state index in [9.17, 15) is 4.39 Å². The van der Waals surface area contributed by atoms with Crippen LogP contribution in [0.1, 0.15) is 11.1 Å². The second-order valence-electron chi connectivity index (χ2n) is 3.77. The maximum absolute atomic E-state index is 13.6. The molecule has 0 aliphatic carbocycles. The number of halogens is 2. The summed E-state index contributed by atoms with van der Waals surface area (Å²) in [6.45, 7) is -0.0912. The van der Waals surface area contributed by atoms with Crippen LogP contribution in [0.4, 0.5) is 4.39 Å². The molecule has 0 saturated carbocycles. The normalized spacial score (nSPS) is 10.0. The van der Waals surface area contributed by atoms with Crippen LogP contribution in [-0.4, -0.2) is 5.11 Å². The molecular formula is C14H9BrFNO2. The second-order valence-corrected chi connectivity index (χ2v) is 4.62. The largest absolute Gasteiger partial charge is 0.454 e. The Balaban J connectivity index is 2.26. The fourth-order valence-corrected chi connectivity index (χ4v) is 1.98. The van der Waals surface area contributed by atoms with Gasteiger partial charge in [0.05, 0.1) is 18.2 Å². The van der Waals surface area contributed by atoms with E-state index in [2.05, 4.69) is 15.9 Å². The number of benzene rings is 2. The molecule has 0 heterocycles. The molecule has 3 nitrogen and oxygen atoms in total. The average Bonchev–Trinajstić information content (AvgIpc) is 2.41. The summed E-state index contributed by atoms with van der Waals surface area (Å²) in [5.74, 6) is -0.114. The van der Waals surface area contributed by atoms with E-state index in [4.69, 9.17) is 15.1 Å². The number of aliphatic hydroxyl groups is 1. The zero-order valence-electron chi connectivity index (χ0n) is 9.73. The van der Waals surface area contributed by atoms with Gasteiger partial charge in [-0.3, -0.25) is 0 Å². The van der Waals surface area contributed by atoms with Gasteiger partial charge in [-0.1, -0.05) is 22.0 Å².